The minimum atomic E-state index is 0.176. The average molecular weight is 429 g/mol. The van der Waals surface area contributed by atoms with Gasteiger partial charge in [0, 0.05) is 44.4 Å². The van der Waals surface area contributed by atoms with Crippen molar-refractivity contribution in [2.24, 2.45) is 5.10 Å². The van der Waals surface area contributed by atoms with Gasteiger partial charge in [0.1, 0.15) is 18.2 Å². The van der Waals surface area contributed by atoms with Crippen molar-refractivity contribution in [1.82, 2.24) is 14.9 Å². The van der Waals surface area contributed by atoms with Gasteiger partial charge in [-0.15, -0.1) is 0 Å². The van der Waals surface area contributed by atoms with E-state index in [4.69, 9.17) is 9.47 Å². The molecule has 1 aromatic heterocycles. The highest BCUT2D eigenvalue weighted by Gasteiger charge is 2.13. The summed E-state index contributed by atoms with van der Waals surface area (Å²) in [6, 6.07) is 7.52. The van der Waals surface area contributed by atoms with Gasteiger partial charge in [0.05, 0.1) is 19.4 Å². The molecule has 1 aromatic carbocycles. The smallest absolute Gasteiger partial charge is 0.320 e. The van der Waals surface area contributed by atoms with Gasteiger partial charge >= 0.3 is 6.01 Å². The van der Waals surface area contributed by atoms with Crippen molar-refractivity contribution in [2.75, 3.05) is 62.9 Å². The summed E-state index contributed by atoms with van der Waals surface area (Å²) in [6.07, 6.45) is 1.57. The van der Waals surface area contributed by atoms with Crippen LogP contribution < -0.4 is 15.1 Å². The summed E-state index contributed by atoms with van der Waals surface area (Å²) in [5, 5.41) is 14.2. The molecule has 1 aliphatic rings. The first kappa shape index (κ1) is 22.8. The van der Waals surface area contributed by atoms with E-state index in [-0.39, 0.29) is 5.75 Å². The Labute approximate surface area is 183 Å². The van der Waals surface area contributed by atoms with E-state index in [1.807, 2.05) is 25.1 Å². The van der Waals surface area contributed by atoms with Crippen molar-refractivity contribution in [1.29, 1.82) is 0 Å². The first-order valence-corrected chi connectivity index (χ1v) is 10.7. The molecule has 31 heavy (non-hydrogen) atoms. The van der Waals surface area contributed by atoms with E-state index in [2.05, 4.69) is 44.1 Å². The number of aryl methyl sites for hydroxylation is 1. The van der Waals surface area contributed by atoms with E-state index >= 15 is 0 Å². The molecule has 3 rings (SSSR count). The van der Waals surface area contributed by atoms with Gasteiger partial charge in [-0.2, -0.15) is 15.1 Å². The Morgan fingerprint density at radius 2 is 2.00 bits per heavy atom. The van der Waals surface area contributed by atoms with Crippen LogP contribution in [0.4, 0.5) is 11.6 Å². The summed E-state index contributed by atoms with van der Waals surface area (Å²) in [5.41, 5.74) is 4.61. The Hall–Kier alpha value is -2.91. The van der Waals surface area contributed by atoms with Crippen LogP contribution in [0.1, 0.15) is 25.0 Å². The summed E-state index contributed by atoms with van der Waals surface area (Å²) in [5.74, 6) is 1.48. The Morgan fingerprint density at radius 1 is 1.23 bits per heavy atom. The number of hydrogen-bond acceptors (Lipinski definition) is 9. The highest BCUT2D eigenvalue weighted by molar-refractivity contribution is 5.84. The van der Waals surface area contributed by atoms with E-state index in [1.165, 1.54) is 0 Å². The molecule has 0 atom stereocenters. The summed E-state index contributed by atoms with van der Waals surface area (Å²) in [6.45, 7) is 12.4. The van der Waals surface area contributed by atoms with Gasteiger partial charge in [0.2, 0.25) is 0 Å². The third kappa shape index (κ3) is 6.80. The largest absolute Gasteiger partial charge is 0.507 e. The number of anilines is 2. The number of ether oxygens (including phenoxy) is 2. The minimum Gasteiger partial charge on any atom is -0.507 e. The quantitative estimate of drug-likeness (QED) is 0.440. The van der Waals surface area contributed by atoms with E-state index in [0.717, 1.165) is 57.3 Å². The minimum absolute atomic E-state index is 0.176. The molecule has 0 spiro atoms. The summed E-state index contributed by atoms with van der Waals surface area (Å²) in [4.78, 5) is 13.4. The lowest BCUT2D eigenvalue weighted by molar-refractivity contribution is 0.0317. The molecule has 2 N–H and O–H groups in total. The molecule has 1 fully saturated rings. The molecular weight excluding hydrogens is 396 g/mol. The Bertz CT molecular complexity index is 866. The van der Waals surface area contributed by atoms with Crippen LogP contribution in [-0.2, 0) is 4.74 Å². The highest BCUT2D eigenvalue weighted by atomic mass is 16.5. The second-order valence-corrected chi connectivity index (χ2v) is 7.30. The Morgan fingerprint density at radius 3 is 2.74 bits per heavy atom. The van der Waals surface area contributed by atoms with Gasteiger partial charge in [-0.25, -0.2) is 0 Å². The lowest BCUT2D eigenvalue weighted by atomic mass is 10.1. The molecule has 9 heteroatoms. The number of aromatic hydroxyl groups is 1. The fourth-order valence-electron chi connectivity index (χ4n) is 3.28. The van der Waals surface area contributed by atoms with Crippen LogP contribution in [0.5, 0.6) is 11.8 Å². The number of hydrogen-bond donors (Lipinski definition) is 2. The van der Waals surface area contributed by atoms with Crippen molar-refractivity contribution >= 4 is 17.9 Å². The number of rotatable bonds is 10. The Balaban J connectivity index is 1.70. The molecule has 2 aromatic rings. The van der Waals surface area contributed by atoms with Crippen molar-refractivity contribution in [3.63, 3.8) is 0 Å². The van der Waals surface area contributed by atoms with Crippen LogP contribution in [0.25, 0.3) is 0 Å². The van der Waals surface area contributed by atoms with Gasteiger partial charge in [0.15, 0.2) is 5.82 Å². The van der Waals surface area contributed by atoms with E-state index in [0.29, 0.717) is 24.0 Å². The summed E-state index contributed by atoms with van der Waals surface area (Å²) in [7, 11) is 0. The first-order chi connectivity index (χ1) is 15.1. The van der Waals surface area contributed by atoms with Gasteiger partial charge in [-0.05, 0) is 32.9 Å². The molecule has 0 unspecified atom stereocenters. The molecule has 168 valence electrons. The molecule has 0 bridgehead atoms. The van der Waals surface area contributed by atoms with E-state index in [9.17, 15) is 5.11 Å². The highest BCUT2D eigenvalue weighted by Crippen LogP contribution is 2.20. The second kappa shape index (κ2) is 11.5. The van der Waals surface area contributed by atoms with E-state index in [1.54, 1.807) is 12.3 Å². The topological polar surface area (TPSA) is 95.3 Å². The van der Waals surface area contributed by atoms with Crippen LogP contribution in [-0.4, -0.2) is 78.7 Å². The fraction of sp³-hybridized carbons (Fsp3) is 0.500. The SMILES string of the molecule is CCN(CC)c1cc(N/N=C\c2cc(C)ccc2O)nc(OCCN2CCOCC2)n1. The van der Waals surface area contributed by atoms with Crippen molar-refractivity contribution < 1.29 is 14.6 Å². The maximum atomic E-state index is 9.98. The van der Waals surface area contributed by atoms with Crippen LogP contribution in [0.15, 0.2) is 29.4 Å². The predicted molar refractivity (Wildman–Crippen MR) is 122 cm³/mol. The number of morpholine rings is 1. The number of phenols is 1. The molecule has 1 aliphatic heterocycles. The van der Waals surface area contributed by atoms with Crippen LogP contribution in [0, 0.1) is 6.92 Å². The molecule has 0 radical (unpaired) electrons. The molecule has 2 heterocycles. The number of benzene rings is 1. The molecule has 0 amide bonds. The Kier molecular flexibility index (Phi) is 8.43. The zero-order valence-electron chi connectivity index (χ0n) is 18.5. The number of nitrogens with one attached hydrogen (secondary N) is 1. The zero-order valence-corrected chi connectivity index (χ0v) is 18.5. The second-order valence-electron chi connectivity index (χ2n) is 7.30. The van der Waals surface area contributed by atoms with Crippen LogP contribution in [0.2, 0.25) is 0 Å². The van der Waals surface area contributed by atoms with Gasteiger partial charge in [0.25, 0.3) is 0 Å². The summed E-state index contributed by atoms with van der Waals surface area (Å²) < 4.78 is 11.2. The molecule has 1 saturated heterocycles. The monoisotopic (exact) mass is 428 g/mol. The third-order valence-corrected chi connectivity index (χ3v) is 5.09. The van der Waals surface area contributed by atoms with Crippen molar-refractivity contribution in [3.05, 3.63) is 35.4 Å². The van der Waals surface area contributed by atoms with Crippen molar-refractivity contribution in [3.8, 4) is 11.8 Å². The zero-order chi connectivity index (χ0) is 22.1. The molecular formula is C22H32N6O3. The number of phenolic OH excluding ortho intramolecular Hbond substituents is 1. The van der Waals surface area contributed by atoms with Gasteiger partial charge in [-0.3, -0.25) is 10.3 Å². The van der Waals surface area contributed by atoms with E-state index < -0.39 is 0 Å². The third-order valence-electron chi connectivity index (χ3n) is 5.09. The van der Waals surface area contributed by atoms with Gasteiger partial charge in [-0.1, -0.05) is 11.6 Å². The molecule has 9 nitrogen and oxygen atoms in total. The maximum absolute atomic E-state index is 9.98. The predicted octanol–water partition coefficient (Wildman–Crippen LogP) is 2.49. The first-order valence-electron chi connectivity index (χ1n) is 10.7. The normalized spacial score (nSPS) is 14.7. The lowest BCUT2D eigenvalue weighted by Crippen LogP contribution is -2.38. The van der Waals surface area contributed by atoms with Crippen LogP contribution in [0.3, 0.4) is 0 Å². The summed E-state index contributed by atoms with van der Waals surface area (Å²) >= 11 is 0. The molecule has 0 saturated carbocycles. The maximum Gasteiger partial charge on any atom is 0.320 e. The van der Waals surface area contributed by atoms with Crippen molar-refractivity contribution in [2.45, 2.75) is 20.8 Å². The number of hydrazone groups is 1. The fourth-order valence-corrected chi connectivity index (χ4v) is 3.28. The number of aromatic nitrogens is 2. The lowest BCUT2D eigenvalue weighted by Gasteiger charge is -2.26. The van der Waals surface area contributed by atoms with Gasteiger partial charge < -0.3 is 19.5 Å². The number of nitrogens with zero attached hydrogens (tertiary/aromatic N) is 5. The van der Waals surface area contributed by atoms with Crippen LogP contribution >= 0.6 is 0 Å². The molecule has 0 aliphatic carbocycles. The average Bonchev–Trinajstić information content (AvgIpc) is 2.78. The standard InChI is InChI=1S/C22H32N6O3/c1-4-28(5-2)21-15-20(26-23-16-18-14-17(3)6-7-19(18)29)24-22(25-21)31-13-10-27-8-11-30-12-9-27/h6-7,14-16,29H,4-5,8-13H2,1-3H3,(H,24,25,26)/b23-16-.